The molecule has 0 atom stereocenters. The van der Waals surface area contributed by atoms with E-state index < -0.39 is 0 Å². The molecule has 0 spiro atoms. The van der Waals surface area contributed by atoms with Gasteiger partial charge in [-0.2, -0.15) is 5.10 Å². The number of nitrogens with zero attached hydrogens (tertiary/aromatic N) is 2. The first kappa shape index (κ1) is 12.8. The van der Waals surface area contributed by atoms with Gasteiger partial charge >= 0.3 is 0 Å². The lowest BCUT2D eigenvalue weighted by Gasteiger charge is -2.08. The summed E-state index contributed by atoms with van der Waals surface area (Å²) in [6, 6.07) is 10.2. The van der Waals surface area contributed by atoms with Crippen LogP contribution >= 0.6 is 39.5 Å². The fraction of sp³-hybridized carbons (Fsp3) is 0.0769. The maximum Gasteiger partial charge on any atom is 0.200 e. The molecule has 0 unspecified atom stereocenters. The highest BCUT2D eigenvalue weighted by atomic mass is 79.9. The molecule has 0 saturated carbocycles. The van der Waals surface area contributed by atoms with Crippen LogP contribution in [0.5, 0.6) is 0 Å². The number of nitrogens with one attached hydrogen (secondary N) is 1. The number of aromatic nitrogens is 3. The highest BCUT2D eigenvalue weighted by Crippen LogP contribution is 2.29. The van der Waals surface area contributed by atoms with Crippen molar-refractivity contribution in [1.82, 2.24) is 14.8 Å². The van der Waals surface area contributed by atoms with Gasteiger partial charge in [-0.1, -0.05) is 12.1 Å². The Bertz CT molecular complexity index is 772. The number of aryl methyl sites for hydroxylation is 1. The van der Waals surface area contributed by atoms with Gasteiger partial charge in [-0.25, -0.2) is 0 Å². The molecule has 3 rings (SSSR count). The lowest BCUT2D eigenvalue weighted by atomic mass is 10.2. The van der Waals surface area contributed by atoms with Crippen molar-refractivity contribution < 1.29 is 0 Å². The number of H-pyrrole nitrogens is 1. The Morgan fingerprint density at radius 1 is 1.37 bits per heavy atom. The van der Waals surface area contributed by atoms with Crippen LogP contribution in [0, 0.1) is 11.7 Å². The van der Waals surface area contributed by atoms with Gasteiger partial charge in [-0.15, -0.1) is 11.3 Å². The number of halogens is 1. The van der Waals surface area contributed by atoms with E-state index in [0.29, 0.717) is 4.77 Å². The van der Waals surface area contributed by atoms with Gasteiger partial charge in [0.25, 0.3) is 0 Å². The molecular formula is C13H10BrN3S2. The maximum absolute atomic E-state index is 5.35. The summed E-state index contributed by atoms with van der Waals surface area (Å²) in [6.45, 7) is 2.06. The summed E-state index contributed by atoms with van der Waals surface area (Å²) < 4.78 is 3.54. The summed E-state index contributed by atoms with van der Waals surface area (Å²) in [7, 11) is 0. The van der Waals surface area contributed by atoms with Crippen LogP contribution in [0.1, 0.15) is 5.56 Å². The predicted molar refractivity (Wildman–Crippen MR) is 84.5 cm³/mol. The first-order valence-corrected chi connectivity index (χ1v) is 7.73. The van der Waals surface area contributed by atoms with Crippen LogP contribution in [-0.2, 0) is 0 Å². The molecule has 1 N–H and O–H groups in total. The molecule has 0 radical (unpaired) electrons. The summed E-state index contributed by atoms with van der Waals surface area (Å²) in [5.41, 5.74) is 2.19. The normalized spacial score (nSPS) is 10.8. The van der Waals surface area contributed by atoms with Gasteiger partial charge in [0.1, 0.15) is 0 Å². The largest absolute Gasteiger partial charge is 0.266 e. The summed E-state index contributed by atoms with van der Waals surface area (Å²) in [5, 5.41) is 9.23. The summed E-state index contributed by atoms with van der Waals surface area (Å²) in [5.74, 6) is 0.838. The molecule has 2 aromatic heterocycles. The Morgan fingerprint density at radius 3 is 2.89 bits per heavy atom. The van der Waals surface area contributed by atoms with Gasteiger partial charge in [-0.05, 0) is 64.2 Å². The van der Waals surface area contributed by atoms with E-state index in [1.54, 1.807) is 11.3 Å². The summed E-state index contributed by atoms with van der Waals surface area (Å²) in [4.78, 5) is 1.08. The molecule has 19 heavy (non-hydrogen) atoms. The number of hydrogen-bond acceptors (Lipinski definition) is 3. The van der Waals surface area contributed by atoms with Crippen molar-refractivity contribution in [2.75, 3.05) is 0 Å². The Kier molecular flexibility index (Phi) is 3.38. The Hall–Kier alpha value is -1.24. The van der Waals surface area contributed by atoms with E-state index in [9.17, 15) is 0 Å². The number of aromatic amines is 1. The molecule has 0 aliphatic rings. The molecule has 3 nitrogen and oxygen atoms in total. The van der Waals surface area contributed by atoms with Crippen molar-refractivity contribution in [2.45, 2.75) is 6.92 Å². The van der Waals surface area contributed by atoms with Gasteiger partial charge in [0.15, 0.2) is 10.6 Å². The van der Waals surface area contributed by atoms with Crippen molar-refractivity contribution in [2.24, 2.45) is 0 Å². The van der Waals surface area contributed by atoms with Gasteiger partial charge in [0.05, 0.1) is 10.6 Å². The van der Waals surface area contributed by atoms with Gasteiger partial charge in [0.2, 0.25) is 0 Å². The van der Waals surface area contributed by atoms with E-state index in [1.165, 1.54) is 5.56 Å². The van der Waals surface area contributed by atoms with Crippen molar-refractivity contribution in [3.63, 3.8) is 0 Å². The molecule has 3 aromatic rings. The molecule has 0 fully saturated rings. The second-order valence-corrected chi connectivity index (χ2v) is 6.31. The van der Waals surface area contributed by atoms with Crippen LogP contribution in [0.25, 0.3) is 16.4 Å². The predicted octanol–water partition coefficient (Wildman–Crippen LogP) is 4.73. The van der Waals surface area contributed by atoms with Crippen molar-refractivity contribution in [3.8, 4) is 16.4 Å². The van der Waals surface area contributed by atoms with Crippen molar-refractivity contribution >= 4 is 39.5 Å². The summed E-state index contributed by atoms with van der Waals surface area (Å²) in [6.07, 6.45) is 0. The van der Waals surface area contributed by atoms with E-state index in [1.807, 2.05) is 28.1 Å². The van der Waals surface area contributed by atoms with Crippen molar-refractivity contribution in [1.29, 1.82) is 0 Å². The molecule has 6 heteroatoms. The molecule has 0 saturated heterocycles. The zero-order chi connectivity index (χ0) is 13.4. The van der Waals surface area contributed by atoms with Crippen LogP contribution in [-0.4, -0.2) is 14.8 Å². The quantitative estimate of drug-likeness (QED) is 0.677. The van der Waals surface area contributed by atoms with E-state index in [-0.39, 0.29) is 0 Å². The Labute approximate surface area is 128 Å². The molecule has 0 amide bonds. The third-order valence-corrected chi connectivity index (χ3v) is 4.53. The number of rotatable bonds is 2. The zero-order valence-electron chi connectivity index (χ0n) is 10.1. The van der Waals surface area contributed by atoms with Gasteiger partial charge < -0.3 is 0 Å². The first-order chi connectivity index (χ1) is 9.16. The SMILES string of the molecule is Cc1ccc(-n2c(-c3cccs3)n[nH]c2=S)c(Br)c1. The van der Waals surface area contributed by atoms with E-state index in [2.05, 4.69) is 45.2 Å². The lowest BCUT2D eigenvalue weighted by Crippen LogP contribution is -1.98. The molecule has 0 aliphatic heterocycles. The third-order valence-electron chi connectivity index (χ3n) is 2.76. The Balaban J connectivity index is 2.26. The van der Waals surface area contributed by atoms with Gasteiger partial charge in [-0.3, -0.25) is 9.67 Å². The highest BCUT2D eigenvalue weighted by Gasteiger charge is 2.13. The van der Waals surface area contributed by atoms with Crippen LogP contribution in [0.4, 0.5) is 0 Å². The molecule has 0 aliphatic carbocycles. The molecule has 2 heterocycles. The number of benzene rings is 1. The second kappa shape index (κ2) is 5.03. The van der Waals surface area contributed by atoms with Crippen LogP contribution < -0.4 is 0 Å². The first-order valence-electron chi connectivity index (χ1n) is 5.64. The molecule has 1 aromatic carbocycles. The van der Waals surface area contributed by atoms with E-state index in [0.717, 1.165) is 20.9 Å². The van der Waals surface area contributed by atoms with Crippen LogP contribution in [0.3, 0.4) is 0 Å². The minimum absolute atomic E-state index is 0.591. The topological polar surface area (TPSA) is 33.6 Å². The minimum Gasteiger partial charge on any atom is -0.266 e. The zero-order valence-corrected chi connectivity index (χ0v) is 13.3. The Morgan fingerprint density at radius 2 is 2.21 bits per heavy atom. The average Bonchev–Trinajstić information content (AvgIpc) is 2.99. The standard InChI is InChI=1S/C13H10BrN3S2/c1-8-4-5-10(9(14)7-8)17-12(15-16-13(17)18)11-3-2-6-19-11/h2-7H,1H3,(H,16,18). The van der Waals surface area contributed by atoms with Crippen LogP contribution in [0.15, 0.2) is 40.2 Å². The highest BCUT2D eigenvalue weighted by molar-refractivity contribution is 9.10. The average molecular weight is 352 g/mol. The second-order valence-electron chi connectivity index (χ2n) is 4.12. The fourth-order valence-corrected chi connectivity index (χ4v) is 3.49. The third kappa shape index (κ3) is 2.31. The van der Waals surface area contributed by atoms with E-state index in [4.69, 9.17) is 12.2 Å². The number of hydrogen-bond donors (Lipinski definition) is 1. The smallest absolute Gasteiger partial charge is 0.200 e. The molecule has 96 valence electrons. The van der Waals surface area contributed by atoms with Gasteiger partial charge in [0, 0.05) is 4.47 Å². The molecular weight excluding hydrogens is 342 g/mol. The van der Waals surface area contributed by atoms with Crippen molar-refractivity contribution in [3.05, 3.63) is 50.5 Å². The van der Waals surface area contributed by atoms with E-state index >= 15 is 0 Å². The minimum atomic E-state index is 0.591. The number of thiophene rings is 1. The molecule has 0 bridgehead atoms. The van der Waals surface area contributed by atoms with Crippen LogP contribution in [0.2, 0.25) is 0 Å². The lowest BCUT2D eigenvalue weighted by molar-refractivity contribution is 1.03. The summed E-state index contributed by atoms with van der Waals surface area (Å²) >= 11 is 10.6. The fourth-order valence-electron chi connectivity index (χ4n) is 1.88. The monoisotopic (exact) mass is 351 g/mol. The maximum atomic E-state index is 5.35.